The smallest absolute Gasteiger partial charge is 0.336 e. The molecule has 92 valence electrons. The maximum atomic E-state index is 11.3. The van der Waals surface area contributed by atoms with Gasteiger partial charge in [-0.25, -0.2) is 4.79 Å². The first-order valence-electron chi connectivity index (χ1n) is 5.28. The molecule has 0 saturated carbocycles. The molecule has 0 saturated heterocycles. The Kier molecular flexibility index (Phi) is 3.60. The predicted octanol–water partition coefficient (Wildman–Crippen LogP) is 4.67. The largest absolute Gasteiger partial charge is 0.478 e. The zero-order valence-corrected chi connectivity index (χ0v) is 11.1. The molecule has 0 unspecified atom stereocenters. The van der Waals surface area contributed by atoms with E-state index in [-0.39, 0.29) is 5.56 Å². The van der Waals surface area contributed by atoms with Crippen molar-refractivity contribution in [2.75, 3.05) is 0 Å². The Balaban J connectivity index is 2.66. The highest BCUT2D eigenvalue weighted by Crippen LogP contribution is 2.30. The van der Waals surface area contributed by atoms with E-state index in [9.17, 15) is 9.90 Å². The van der Waals surface area contributed by atoms with Crippen LogP contribution < -0.4 is 0 Å². The molecule has 0 aromatic heterocycles. The SMILES string of the molecule is Cc1ccc(-c2cc(Cl)cc(Cl)c2)c(C(=O)O)c1. The fourth-order valence-corrected chi connectivity index (χ4v) is 2.32. The lowest BCUT2D eigenvalue weighted by Crippen LogP contribution is -2.00. The Bertz CT molecular complexity index is 601. The molecule has 0 amide bonds. The van der Waals surface area contributed by atoms with Crippen LogP contribution in [-0.4, -0.2) is 11.1 Å². The van der Waals surface area contributed by atoms with Crippen molar-refractivity contribution in [1.82, 2.24) is 0 Å². The number of halogens is 2. The average molecular weight is 281 g/mol. The number of aryl methyl sites for hydroxylation is 1. The van der Waals surface area contributed by atoms with Gasteiger partial charge >= 0.3 is 5.97 Å². The number of benzene rings is 2. The van der Waals surface area contributed by atoms with Crippen molar-refractivity contribution in [3.63, 3.8) is 0 Å². The van der Waals surface area contributed by atoms with Crippen LogP contribution in [0.5, 0.6) is 0 Å². The van der Waals surface area contributed by atoms with Gasteiger partial charge in [-0.3, -0.25) is 0 Å². The summed E-state index contributed by atoms with van der Waals surface area (Å²) in [4.78, 5) is 11.3. The molecule has 0 aliphatic heterocycles. The zero-order valence-electron chi connectivity index (χ0n) is 9.58. The third kappa shape index (κ3) is 2.66. The molecule has 0 aliphatic rings. The maximum Gasteiger partial charge on any atom is 0.336 e. The Morgan fingerprint density at radius 2 is 1.67 bits per heavy atom. The quantitative estimate of drug-likeness (QED) is 0.868. The first-order valence-corrected chi connectivity index (χ1v) is 6.03. The Labute approximate surface area is 115 Å². The monoisotopic (exact) mass is 280 g/mol. The summed E-state index contributed by atoms with van der Waals surface area (Å²) >= 11 is 11.9. The van der Waals surface area contributed by atoms with Gasteiger partial charge in [0.15, 0.2) is 0 Å². The zero-order chi connectivity index (χ0) is 13.3. The Morgan fingerprint density at radius 3 is 2.22 bits per heavy atom. The summed E-state index contributed by atoms with van der Waals surface area (Å²) in [6.07, 6.45) is 0. The lowest BCUT2D eigenvalue weighted by molar-refractivity contribution is 0.0697. The van der Waals surface area contributed by atoms with Gasteiger partial charge in [0, 0.05) is 10.0 Å². The van der Waals surface area contributed by atoms with Crippen molar-refractivity contribution >= 4 is 29.2 Å². The van der Waals surface area contributed by atoms with E-state index in [2.05, 4.69) is 0 Å². The number of carbonyl (C=O) groups is 1. The van der Waals surface area contributed by atoms with Gasteiger partial charge in [-0.1, -0.05) is 40.9 Å². The minimum Gasteiger partial charge on any atom is -0.478 e. The summed E-state index contributed by atoms with van der Waals surface area (Å²) in [5.41, 5.74) is 2.44. The Morgan fingerprint density at radius 1 is 1.06 bits per heavy atom. The number of hydrogen-bond donors (Lipinski definition) is 1. The molecule has 4 heteroatoms. The van der Waals surface area contributed by atoms with Crippen molar-refractivity contribution in [3.05, 3.63) is 57.6 Å². The van der Waals surface area contributed by atoms with E-state index in [4.69, 9.17) is 23.2 Å². The van der Waals surface area contributed by atoms with Crippen LogP contribution in [0.15, 0.2) is 36.4 Å². The molecule has 2 aromatic rings. The van der Waals surface area contributed by atoms with Gasteiger partial charge in [0.1, 0.15) is 0 Å². The molecule has 0 aliphatic carbocycles. The lowest BCUT2D eigenvalue weighted by atomic mass is 9.98. The van der Waals surface area contributed by atoms with Crippen LogP contribution in [0, 0.1) is 6.92 Å². The predicted molar refractivity (Wildman–Crippen MR) is 73.6 cm³/mol. The van der Waals surface area contributed by atoms with Crippen LogP contribution in [0.1, 0.15) is 15.9 Å². The van der Waals surface area contributed by atoms with E-state index < -0.39 is 5.97 Å². The Hall–Kier alpha value is -1.51. The number of carboxylic acid groups (broad SMARTS) is 1. The summed E-state index contributed by atoms with van der Waals surface area (Å²) in [6, 6.07) is 10.3. The van der Waals surface area contributed by atoms with Gasteiger partial charge in [-0.05, 0) is 42.3 Å². The van der Waals surface area contributed by atoms with E-state index in [1.54, 1.807) is 30.3 Å². The van der Waals surface area contributed by atoms with Gasteiger partial charge in [0.05, 0.1) is 5.56 Å². The van der Waals surface area contributed by atoms with Crippen molar-refractivity contribution in [2.24, 2.45) is 0 Å². The average Bonchev–Trinajstić information content (AvgIpc) is 2.27. The molecule has 2 nitrogen and oxygen atoms in total. The van der Waals surface area contributed by atoms with Crippen LogP contribution in [0.4, 0.5) is 0 Å². The first-order chi connectivity index (χ1) is 8.47. The van der Waals surface area contributed by atoms with Crippen molar-refractivity contribution in [2.45, 2.75) is 6.92 Å². The summed E-state index contributed by atoms with van der Waals surface area (Å²) in [7, 11) is 0. The van der Waals surface area contributed by atoms with Crippen LogP contribution in [0.3, 0.4) is 0 Å². The minimum absolute atomic E-state index is 0.244. The second kappa shape index (κ2) is 5.01. The van der Waals surface area contributed by atoms with Crippen LogP contribution >= 0.6 is 23.2 Å². The number of rotatable bonds is 2. The summed E-state index contributed by atoms with van der Waals surface area (Å²) in [5, 5.41) is 10.2. The molecule has 2 aromatic carbocycles. The standard InChI is InChI=1S/C14H10Cl2O2/c1-8-2-3-12(13(4-8)14(17)18)9-5-10(15)7-11(16)6-9/h2-7H,1H3,(H,17,18). The highest BCUT2D eigenvalue weighted by atomic mass is 35.5. The fourth-order valence-electron chi connectivity index (χ4n) is 1.80. The molecule has 0 spiro atoms. The van der Waals surface area contributed by atoms with Crippen LogP contribution in [0.25, 0.3) is 11.1 Å². The fraction of sp³-hybridized carbons (Fsp3) is 0.0714. The molecule has 0 radical (unpaired) electrons. The molecule has 0 heterocycles. The maximum absolute atomic E-state index is 11.3. The molecule has 2 rings (SSSR count). The van der Waals surface area contributed by atoms with Crippen LogP contribution in [0.2, 0.25) is 10.0 Å². The summed E-state index contributed by atoms with van der Waals surface area (Å²) < 4.78 is 0. The van der Waals surface area contributed by atoms with E-state index in [0.717, 1.165) is 5.56 Å². The second-order valence-electron chi connectivity index (χ2n) is 4.01. The van der Waals surface area contributed by atoms with Gasteiger partial charge in [0.25, 0.3) is 0 Å². The van der Waals surface area contributed by atoms with E-state index in [1.165, 1.54) is 0 Å². The minimum atomic E-state index is -0.968. The third-order valence-corrected chi connectivity index (χ3v) is 3.02. The first kappa shape index (κ1) is 12.9. The van der Waals surface area contributed by atoms with Crippen molar-refractivity contribution in [1.29, 1.82) is 0 Å². The van der Waals surface area contributed by atoms with E-state index in [1.807, 2.05) is 13.0 Å². The van der Waals surface area contributed by atoms with Gasteiger partial charge in [-0.2, -0.15) is 0 Å². The molecule has 1 N–H and O–H groups in total. The van der Waals surface area contributed by atoms with Gasteiger partial charge < -0.3 is 5.11 Å². The highest BCUT2D eigenvalue weighted by molar-refractivity contribution is 6.35. The number of carboxylic acids is 1. The van der Waals surface area contributed by atoms with E-state index in [0.29, 0.717) is 21.2 Å². The molecule has 18 heavy (non-hydrogen) atoms. The molecule has 0 atom stereocenters. The molecule has 0 fully saturated rings. The van der Waals surface area contributed by atoms with Gasteiger partial charge in [-0.15, -0.1) is 0 Å². The molecule has 0 bridgehead atoms. The third-order valence-electron chi connectivity index (χ3n) is 2.58. The van der Waals surface area contributed by atoms with E-state index >= 15 is 0 Å². The highest BCUT2D eigenvalue weighted by Gasteiger charge is 2.12. The van der Waals surface area contributed by atoms with Gasteiger partial charge in [0.2, 0.25) is 0 Å². The van der Waals surface area contributed by atoms with Crippen molar-refractivity contribution in [3.8, 4) is 11.1 Å². The topological polar surface area (TPSA) is 37.3 Å². The summed E-state index contributed by atoms with van der Waals surface area (Å²) in [6.45, 7) is 1.85. The molecular formula is C14H10Cl2O2. The second-order valence-corrected chi connectivity index (χ2v) is 4.89. The number of aromatic carboxylic acids is 1. The van der Waals surface area contributed by atoms with Crippen LogP contribution in [-0.2, 0) is 0 Å². The molecular weight excluding hydrogens is 271 g/mol. The summed E-state index contributed by atoms with van der Waals surface area (Å²) in [5.74, 6) is -0.968. The van der Waals surface area contributed by atoms with Crippen molar-refractivity contribution < 1.29 is 9.90 Å². The normalized spacial score (nSPS) is 10.4. The lowest BCUT2D eigenvalue weighted by Gasteiger charge is -2.08. The number of hydrogen-bond acceptors (Lipinski definition) is 1.